The Morgan fingerprint density at radius 1 is 1.35 bits per heavy atom. The molecule has 0 saturated heterocycles. The molecule has 0 aliphatic carbocycles. The molecule has 0 saturated carbocycles. The van der Waals surface area contributed by atoms with Crippen LogP contribution < -0.4 is 5.32 Å². The lowest BCUT2D eigenvalue weighted by Gasteiger charge is -2.46. The van der Waals surface area contributed by atoms with Gasteiger partial charge in [-0.3, -0.25) is 9.58 Å². The molecule has 1 rings (SSSR count). The molecule has 2 unspecified atom stereocenters. The molecule has 0 aliphatic rings. The van der Waals surface area contributed by atoms with Crippen LogP contribution in [0.1, 0.15) is 46.1 Å². The van der Waals surface area contributed by atoms with Crippen molar-refractivity contribution in [3.05, 3.63) is 18.0 Å². The Balaban J connectivity index is 2.75. The van der Waals surface area contributed by atoms with Crippen molar-refractivity contribution in [2.24, 2.45) is 7.05 Å². The fourth-order valence-corrected chi connectivity index (χ4v) is 3.31. The number of nitrogens with one attached hydrogen (secondary N) is 1. The molecule has 4 heteroatoms. The van der Waals surface area contributed by atoms with Crippen LogP contribution in [0.3, 0.4) is 0 Å². The first kappa shape index (κ1) is 17.2. The molecule has 2 atom stereocenters. The van der Waals surface area contributed by atoms with Gasteiger partial charge in [-0.05, 0) is 51.9 Å². The van der Waals surface area contributed by atoms with Gasteiger partial charge in [0.1, 0.15) is 0 Å². The van der Waals surface area contributed by atoms with Crippen molar-refractivity contribution in [2.45, 2.75) is 58.5 Å². The van der Waals surface area contributed by atoms with Crippen LogP contribution in [0.15, 0.2) is 12.4 Å². The van der Waals surface area contributed by atoms with E-state index in [1.807, 2.05) is 17.9 Å². The minimum Gasteiger partial charge on any atom is -0.315 e. The molecule has 0 radical (unpaired) electrons. The van der Waals surface area contributed by atoms with Gasteiger partial charge in [0, 0.05) is 24.8 Å². The van der Waals surface area contributed by atoms with E-state index < -0.39 is 0 Å². The van der Waals surface area contributed by atoms with Crippen molar-refractivity contribution in [2.75, 3.05) is 20.1 Å². The van der Waals surface area contributed by atoms with Gasteiger partial charge in [-0.2, -0.15) is 5.10 Å². The van der Waals surface area contributed by atoms with Gasteiger partial charge in [-0.15, -0.1) is 0 Å². The van der Waals surface area contributed by atoms with Crippen LogP contribution >= 0.6 is 0 Å². The monoisotopic (exact) mass is 280 g/mol. The molecule has 1 heterocycles. The van der Waals surface area contributed by atoms with Gasteiger partial charge in [0.15, 0.2) is 0 Å². The zero-order chi connectivity index (χ0) is 15.2. The summed E-state index contributed by atoms with van der Waals surface area (Å²) < 4.78 is 1.88. The summed E-state index contributed by atoms with van der Waals surface area (Å²) in [5, 5.41) is 7.81. The first-order valence-electron chi connectivity index (χ1n) is 7.91. The molecular weight excluding hydrogens is 248 g/mol. The molecule has 0 aliphatic heterocycles. The Labute approximate surface area is 124 Å². The highest BCUT2D eigenvalue weighted by molar-refractivity contribution is 5.06. The lowest BCUT2D eigenvalue weighted by atomic mass is 9.84. The third-order valence-electron chi connectivity index (χ3n) is 4.78. The minimum absolute atomic E-state index is 0.209. The van der Waals surface area contributed by atoms with Gasteiger partial charge in [-0.25, -0.2) is 0 Å². The zero-order valence-electron chi connectivity index (χ0n) is 14.1. The lowest BCUT2D eigenvalue weighted by Crippen LogP contribution is -2.58. The standard InChI is InChI=1S/C16H32N4/c1-7-16(4,20(8-2)9-3)15(17-5)11-10-14-12-18-19(6)13-14/h12-13,15,17H,7-11H2,1-6H3. The van der Waals surface area contributed by atoms with Crippen LogP contribution in [0.4, 0.5) is 0 Å². The SMILES string of the molecule is CCN(CC)C(C)(CC)C(CCc1cnn(C)c1)NC. The Kier molecular flexibility index (Phi) is 6.69. The molecular formula is C16H32N4. The zero-order valence-corrected chi connectivity index (χ0v) is 14.1. The maximum absolute atomic E-state index is 4.26. The fourth-order valence-electron chi connectivity index (χ4n) is 3.31. The number of aromatic nitrogens is 2. The van der Waals surface area contributed by atoms with Gasteiger partial charge in [0.05, 0.1) is 6.20 Å². The number of rotatable bonds is 9. The highest BCUT2D eigenvalue weighted by Gasteiger charge is 2.35. The van der Waals surface area contributed by atoms with Gasteiger partial charge >= 0.3 is 0 Å². The molecule has 1 aromatic heterocycles. The van der Waals surface area contributed by atoms with E-state index in [4.69, 9.17) is 0 Å². The summed E-state index contributed by atoms with van der Waals surface area (Å²) in [6.45, 7) is 11.4. The summed E-state index contributed by atoms with van der Waals surface area (Å²) in [5.74, 6) is 0. The van der Waals surface area contributed by atoms with E-state index in [1.165, 1.54) is 5.56 Å². The molecule has 0 bridgehead atoms. The number of likely N-dealkylation sites (N-methyl/N-ethyl adjacent to an activating group) is 2. The second kappa shape index (κ2) is 7.79. The number of hydrogen-bond acceptors (Lipinski definition) is 3. The molecule has 4 nitrogen and oxygen atoms in total. The number of nitrogens with zero attached hydrogens (tertiary/aromatic N) is 3. The normalized spacial score (nSPS) is 16.4. The third kappa shape index (κ3) is 3.83. The van der Waals surface area contributed by atoms with Crippen LogP contribution in [0, 0.1) is 0 Å². The molecule has 0 fully saturated rings. The second-order valence-electron chi connectivity index (χ2n) is 5.79. The molecule has 0 amide bonds. The minimum atomic E-state index is 0.209. The quantitative estimate of drug-likeness (QED) is 0.754. The average Bonchev–Trinajstić information content (AvgIpc) is 2.86. The van der Waals surface area contributed by atoms with Crippen LogP contribution in [-0.4, -0.2) is 46.4 Å². The highest BCUT2D eigenvalue weighted by atomic mass is 15.2. The number of hydrogen-bond donors (Lipinski definition) is 1. The van der Waals surface area contributed by atoms with E-state index in [2.05, 4.69) is 56.3 Å². The molecule has 20 heavy (non-hydrogen) atoms. The molecule has 0 spiro atoms. The summed E-state index contributed by atoms with van der Waals surface area (Å²) in [5.41, 5.74) is 1.53. The highest BCUT2D eigenvalue weighted by Crippen LogP contribution is 2.26. The van der Waals surface area contributed by atoms with Crippen molar-refractivity contribution >= 4 is 0 Å². The van der Waals surface area contributed by atoms with Crippen molar-refractivity contribution < 1.29 is 0 Å². The predicted octanol–water partition coefficient (Wildman–Crippen LogP) is 2.45. The fraction of sp³-hybridized carbons (Fsp3) is 0.812. The smallest absolute Gasteiger partial charge is 0.0521 e. The van der Waals surface area contributed by atoms with E-state index in [0.717, 1.165) is 32.4 Å². The summed E-state index contributed by atoms with van der Waals surface area (Å²) in [7, 11) is 4.07. The molecule has 1 N–H and O–H groups in total. The summed E-state index contributed by atoms with van der Waals surface area (Å²) >= 11 is 0. The largest absolute Gasteiger partial charge is 0.315 e. The molecule has 0 aromatic carbocycles. The van der Waals surface area contributed by atoms with Gasteiger partial charge in [-0.1, -0.05) is 20.8 Å². The Morgan fingerprint density at radius 3 is 2.40 bits per heavy atom. The Morgan fingerprint density at radius 2 is 2.00 bits per heavy atom. The Bertz CT molecular complexity index is 384. The van der Waals surface area contributed by atoms with E-state index in [9.17, 15) is 0 Å². The van der Waals surface area contributed by atoms with E-state index in [-0.39, 0.29) is 5.54 Å². The van der Waals surface area contributed by atoms with Crippen molar-refractivity contribution in [1.29, 1.82) is 0 Å². The maximum Gasteiger partial charge on any atom is 0.0521 e. The third-order valence-corrected chi connectivity index (χ3v) is 4.78. The van der Waals surface area contributed by atoms with E-state index >= 15 is 0 Å². The maximum atomic E-state index is 4.26. The van der Waals surface area contributed by atoms with Gasteiger partial charge in [0.25, 0.3) is 0 Å². The number of aryl methyl sites for hydroxylation is 2. The molecule has 116 valence electrons. The van der Waals surface area contributed by atoms with Crippen LogP contribution in [0.5, 0.6) is 0 Å². The van der Waals surface area contributed by atoms with Crippen molar-refractivity contribution in [3.63, 3.8) is 0 Å². The van der Waals surface area contributed by atoms with Crippen LogP contribution in [0.2, 0.25) is 0 Å². The lowest BCUT2D eigenvalue weighted by molar-refractivity contribution is 0.0698. The first-order chi connectivity index (χ1) is 9.51. The van der Waals surface area contributed by atoms with Crippen molar-refractivity contribution in [1.82, 2.24) is 20.0 Å². The second-order valence-corrected chi connectivity index (χ2v) is 5.79. The first-order valence-corrected chi connectivity index (χ1v) is 7.91. The van der Waals surface area contributed by atoms with Crippen LogP contribution in [0.25, 0.3) is 0 Å². The topological polar surface area (TPSA) is 33.1 Å². The van der Waals surface area contributed by atoms with Crippen LogP contribution in [-0.2, 0) is 13.5 Å². The summed E-state index contributed by atoms with van der Waals surface area (Å²) in [6, 6.07) is 0.493. The van der Waals surface area contributed by atoms with Gasteiger partial charge in [0.2, 0.25) is 0 Å². The summed E-state index contributed by atoms with van der Waals surface area (Å²) in [6.07, 6.45) is 7.48. The Hall–Kier alpha value is -0.870. The van der Waals surface area contributed by atoms with Crippen molar-refractivity contribution in [3.8, 4) is 0 Å². The average molecular weight is 280 g/mol. The van der Waals surface area contributed by atoms with E-state index in [1.54, 1.807) is 0 Å². The van der Waals surface area contributed by atoms with E-state index in [0.29, 0.717) is 6.04 Å². The van der Waals surface area contributed by atoms with Gasteiger partial charge < -0.3 is 5.32 Å². The molecule has 1 aromatic rings. The summed E-state index contributed by atoms with van der Waals surface area (Å²) in [4.78, 5) is 2.58. The predicted molar refractivity (Wildman–Crippen MR) is 86.0 cm³/mol.